The molecule has 0 bridgehead atoms. The summed E-state index contributed by atoms with van der Waals surface area (Å²) in [5.41, 5.74) is 7.47. The normalized spacial score (nSPS) is 13.2. The van der Waals surface area contributed by atoms with Crippen molar-refractivity contribution in [2.45, 2.75) is 38.8 Å². The maximum absolute atomic E-state index is 12.7. The van der Waals surface area contributed by atoms with Crippen molar-refractivity contribution >= 4 is 42.5 Å². The standard InChI is InChI=1S/C21H24N4O3.2ClH/c1-2-3-4-16(12-22)24-19(26)15-5-6-17-18(11-15)21(28)25(20(17)27)13-14-7-9-23-10-8-14;;/h5-11,16H,2-4,12-13,22H2,1H3,(H,24,26);2*1H. The molecule has 0 radical (unpaired) electrons. The average Bonchev–Trinajstić information content (AvgIpc) is 2.96. The van der Waals surface area contributed by atoms with E-state index in [9.17, 15) is 14.4 Å². The number of halogens is 2. The van der Waals surface area contributed by atoms with Gasteiger partial charge in [0.1, 0.15) is 0 Å². The van der Waals surface area contributed by atoms with Crippen molar-refractivity contribution in [1.29, 1.82) is 0 Å². The fraction of sp³-hybridized carbons (Fsp3) is 0.333. The molecule has 1 aliphatic heterocycles. The van der Waals surface area contributed by atoms with Crippen LogP contribution in [-0.2, 0) is 6.54 Å². The number of imide groups is 1. The summed E-state index contributed by atoms with van der Waals surface area (Å²) in [4.78, 5) is 43.0. The van der Waals surface area contributed by atoms with Gasteiger partial charge in [-0.3, -0.25) is 24.3 Å². The third kappa shape index (κ3) is 5.56. The number of nitrogens with two attached hydrogens (primary N) is 1. The molecule has 1 unspecified atom stereocenters. The van der Waals surface area contributed by atoms with Crippen molar-refractivity contribution in [3.05, 3.63) is 65.0 Å². The lowest BCUT2D eigenvalue weighted by molar-refractivity contribution is 0.0642. The number of nitrogens with one attached hydrogen (secondary N) is 1. The molecule has 0 saturated heterocycles. The fourth-order valence-corrected chi connectivity index (χ4v) is 3.21. The van der Waals surface area contributed by atoms with E-state index in [-0.39, 0.29) is 54.8 Å². The van der Waals surface area contributed by atoms with Crippen molar-refractivity contribution in [3.8, 4) is 0 Å². The van der Waals surface area contributed by atoms with E-state index >= 15 is 0 Å². The Morgan fingerprint density at radius 1 is 1.10 bits per heavy atom. The Labute approximate surface area is 188 Å². The number of hydrogen-bond acceptors (Lipinski definition) is 5. The van der Waals surface area contributed by atoms with E-state index in [1.807, 2.05) is 0 Å². The Hall–Kier alpha value is -2.48. The van der Waals surface area contributed by atoms with Crippen LogP contribution in [-0.4, -0.2) is 40.2 Å². The van der Waals surface area contributed by atoms with Crippen molar-refractivity contribution in [3.63, 3.8) is 0 Å². The van der Waals surface area contributed by atoms with Gasteiger partial charge >= 0.3 is 0 Å². The summed E-state index contributed by atoms with van der Waals surface area (Å²) < 4.78 is 0. The molecule has 0 spiro atoms. The van der Waals surface area contributed by atoms with E-state index in [1.54, 1.807) is 36.7 Å². The number of aromatic nitrogens is 1. The molecule has 2 heterocycles. The molecule has 1 aromatic heterocycles. The highest BCUT2D eigenvalue weighted by Crippen LogP contribution is 2.25. The quantitative estimate of drug-likeness (QED) is 0.598. The number of benzene rings is 1. The van der Waals surface area contributed by atoms with Crippen LogP contribution in [0.4, 0.5) is 0 Å². The maximum atomic E-state index is 12.7. The zero-order chi connectivity index (χ0) is 20.1. The van der Waals surface area contributed by atoms with Gasteiger partial charge in [0.25, 0.3) is 17.7 Å². The van der Waals surface area contributed by atoms with Gasteiger partial charge in [-0.2, -0.15) is 0 Å². The predicted molar refractivity (Wildman–Crippen MR) is 119 cm³/mol. The second-order valence-electron chi connectivity index (χ2n) is 6.86. The first-order valence-corrected chi connectivity index (χ1v) is 9.45. The first-order valence-electron chi connectivity index (χ1n) is 9.45. The smallest absolute Gasteiger partial charge is 0.261 e. The van der Waals surface area contributed by atoms with Gasteiger partial charge in [-0.05, 0) is 42.3 Å². The first kappa shape index (κ1) is 25.6. The van der Waals surface area contributed by atoms with Gasteiger partial charge in [0.05, 0.1) is 17.7 Å². The van der Waals surface area contributed by atoms with Gasteiger partial charge < -0.3 is 11.1 Å². The minimum atomic E-state index is -0.396. The number of carbonyl (C=O) groups excluding carboxylic acids is 3. The van der Waals surface area contributed by atoms with Crippen molar-refractivity contribution in [2.75, 3.05) is 6.54 Å². The number of carbonyl (C=O) groups is 3. The molecular weight excluding hydrogens is 427 g/mol. The number of rotatable bonds is 8. The van der Waals surface area contributed by atoms with Crippen LogP contribution in [0.1, 0.15) is 62.8 Å². The molecule has 1 aromatic carbocycles. The third-order valence-corrected chi connectivity index (χ3v) is 4.85. The van der Waals surface area contributed by atoms with Gasteiger partial charge in [-0.15, -0.1) is 24.8 Å². The highest BCUT2D eigenvalue weighted by molar-refractivity contribution is 6.22. The molecule has 0 aliphatic carbocycles. The molecular formula is C21H26Cl2N4O3. The maximum Gasteiger partial charge on any atom is 0.261 e. The molecule has 30 heavy (non-hydrogen) atoms. The number of amides is 3. The highest BCUT2D eigenvalue weighted by atomic mass is 35.5. The van der Waals surface area contributed by atoms with Crippen molar-refractivity contribution in [2.24, 2.45) is 5.73 Å². The molecule has 3 amide bonds. The predicted octanol–water partition coefficient (Wildman–Crippen LogP) is 2.97. The second kappa shape index (κ2) is 11.6. The molecule has 9 heteroatoms. The minimum Gasteiger partial charge on any atom is -0.348 e. The number of nitrogens with zero attached hydrogens (tertiary/aromatic N) is 2. The van der Waals surface area contributed by atoms with Crippen LogP contribution in [0.2, 0.25) is 0 Å². The molecule has 1 atom stereocenters. The van der Waals surface area contributed by atoms with Crippen LogP contribution < -0.4 is 11.1 Å². The number of pyridine rings is 1. The third-order valence-electron chi connectivity index (χ3n) is 4.85. The Kier molecular flexibility index (Phi) is 9.92. The fourth-order valence-electron chi connectivity index (χ4n) is 3.21. The van der Waals surface area contributed by atoms with E-state index in [1.165, 1.54) is 11.0 Å². The topological polar surface area (TPSA) is 105 Å². The summed E-state index contributed by atoms with van der Waals surface area (Å²) in [5.74, 6) is -1.04. The van der Waals surface area contributed by atoms with Crippen LogP contribution in [0, 0.1) is 0 Å². The van der Waals surface area contributed by atoms with Crippen LogP contribution in [0.5, 0.6) is 0 Å². The van der Waals surface area contributed by atoms with Crippen LogP contribution in [0.25, 0.3) is 0 Å². The summed E-state index contributed by atoms with van der Waals surface area (Å²) in [5, 5.41) is 2.91. The van der Waals surface area contributed by atoms with Gasteiger partial charge in [0.2, 0.25) is 0 Å². The minimum absolute atomic E-state index is 0. The Balaban J connectivity index is 0.00000225. The summed E-state index contributed by atoms with van der Waals surface area (Å²) in [6, 6.07) is 8.01. The largest absolute Gasteiger partial charge is 0.348 e. The SMILES string of the molecule is CCCCC(CN)NC(=O)c1ccc2c(c1)C(=O)N(Cc1ccncc1)C2=O.Cl.Cl. The molecule has 0 saturated carbocycles. The Bertz CT molecular complexity index is 893. The van der Waals surface area contributed by atoms with Gasteiger partial charge in [0.15, 0.2) is 0 Å². The average molecular weight is 453 g/mol. The highest BCUT2D eigenvalue weighted by Gasteiger charge is 2.36. The number of unbranched alkanes of at least 4 members (excludes halogenated alkanes) is 1. The molecule has 1 aliphatic rings. The Morgan fingerprint density at radius 3 is 2.40 bits per heavy atom. The van der Waals surface area contributed by atoms with Crippen molar-refractivity contribution in [1.82, 2.24) is 15.2 Å². The van der Waals surface area contributed by atoms with E-state index in [4.69, 9.17) is 5.73 Å². The van der Waals surface area contributed by atoms with E-state index in [0.29, 0.717) is 17.7 Å². The summed E-state index contributed by atoms with van der Waals surface area (Å²) >= 11 is 0. The van der Waals surface area contributed by atoms with Crippen LogP contribution in [0.15, 0.2) is 42.7 Å². The first-order chi connectivity index (χ1) is 13.5. The molecule has 3 rings (SSSR count). The van der Waals surface area contributed by atoms with E-state index in [2.05, 4.69) is 17.2 Å². The summed E-state index contributed by atoms with van der Waals surface area (Å²) in [7, 11) is 0. The molecule has 0 fully saturated rings. The van der Waals surface area contributed by atoms with Gasteiger partial charge in [-0.25, -0.2) is 0 Å². The molecule has 162 valence electrons. The Morgan fingerprint density at radius 2 is 1.77 bits per heavy atom. The monoisotopic (exact) mass is 452 g/mol. The summed E-state index contributed by atoms with van der Waals surface area (Å²) in [6.45, 7) is 2.60. The lowest BCUT2D eigenvalue weighted by atomic mass is 10.0. The van der Waals surface area contributed by atoms with E-state index in [0.717, 1.165) is 24.8 Å². The van der Waals surface area contributed by atoms with E-state index < -0.39 is 5.91 Å². The van der Waals surface area contributed by atoms with Crippen molar-refractivity contribution < 1.29 is 14.4 Å². The molecule has 2 aromatic rings. The zero-order valence-corrected chi connectivity index (χ0v) is 18.3. The lowest BCUT2D eigenvalue weighted by Crippen LogP contribution is -2.40. The van der Waals surface area contributed by atoms with Crippen LogP contribution in [0.3, 0.4) is 0 Å². The zero-order valence-electron chi connectivity index (χ0n) is 16.7. The second-order valence-corrected chi connectivity index (χ2v) is 6.86. The molecule has 7 nitrogen and oxygen atoms in total. The lowest BCUT2D eigenvalue weighted by Gasteiger charge is -2.16. The van der Waals surface area contributed by atoms with Gasteiger partial charge in [-0.1, -0.05) is 19.8 Å². The van der Waals surface area contributed by atoms with Crippen LogP contribution >= 0.6 is 24.8 Å². The summed E-state index contributed by atoms with van der Waals surface area (Å²) in [6.07, 6.45) is 6.03. The molecule has 3 N–H and O–H groups in total. The number of hydrogen-bond donors (Lipinski definition) is 2. The van der Waals surface area contributed by atoms with Gasteiger partial charge in [0, 0.05) is 30.5 Å². The number of fused-ring (bicyclic) bond motifs is 1.